The summed E-state index contributed by atoms with van der Waals surface area (Å²) in [7, 11) is 0. The zero-order chi connectivity index (χ0) is 29.1. The number of alkyl halides is 3. The summed E-state index contributed by atoms with van der Waals surface area (Å²) in [6.45, 7) is 3.53. The summed E-state index contributed by atoms with van der Waals surface area (Å²) >= 11 is 0. The first-order valence-electron chi connectivity index (χ1n) is 12.5. The molecule has 0 aromatic heterocycles. The van der Waals surface area contributed by atoms with Gasteiger partial charge >= 0.3 is 12.3 Å². The van der Waals surface area contributed by atoms with Crippen LogP contribution in [-0.4, -0.2) is 54.6 Å². The molecule has 0 bridgehead atoms. The highest BCUT2D eigenvalue weighted by molar-refractivity contribution is 6.13. The summed E-state index contributed by atoms with van der Waals surface area (Å²) in [6, 6.07) is 3.88. The SMILES string of the molecule is CC(=C=C(C)COc1ccc2c(c1)C(C#CC1CC1)(C(F)(F)F)OC(=O)N2)CNC(=O)CCN1C(=O)C=CC1=O. The van der Waals surface area contributed by atoms with Crippen molar-refractivity contribution in [2.24, 2.45) is 5.92 Å². The summed E-state index contributed by atoms with van der Waals surface area (Å²) in [5.74, 6) is 3.44. The van der Waals surface area contributed by atoms with E-state index in [2.05, 4.69) is 28.2 Å². The first-order valence-corrected chi connectivity index (χ1v) is 12.5. The quantitative estimate of drug-likeness (QED) is 0.286. The van der Waals surface area contributed by atoms with E-state index >= 15 is 0 Å². The topological polar surface area (TPSA) is 114 Å². The molecule has 2 aliphatic heterocycles. The van der Waals surface area contributed by atoms with Crippen LogP contribution in [0.2, 0.25) is 0 Å². The maximum Gasteiger partial charge on any atom is 0.445 e. The summed E-state index contributed by atoms with van der Waals surface area (Å²) < 4.78 is 53.3. The highest BCUT2D eigenvalue weighted by Crippen LogP contribution is 2.48. The van der Waals surface area contributed by atoms with Gasteiger partial charge in [-0.3, -0.25) is 24.6 Å². The molecular weight excluding hydrogens is 531 g/mol. The second-order valence-corrected chi connectivity index (χ2v) is 9.61. The van der Waals surface area contributed by atoms with E-state index in [1.54, 1.807) is 13.8 Å². The van der Waals surface area contributed by atoms with E-state index in [0.29, 0.717) is 24.0 Å². The van der Waals surface area contributed by atoms with Gasteiger partial charge < -0.3 is 14.8 Å². The molecule has 40 heavy (non-hydrogen) atoms. The van der Waals surface area contributed by atoms with Crippen LogP contribution in [0.3, 0.4) is 0 Å². The maximum absolute atomic E-state index is 14.3. The second kappa shape index (κ2) is 11.3. The number of amides is 4. The van der Waals surface area contributed by atoms with Gasteiger partial charge in [-0.15, -0.1) is 5.73 Å². The third kappa shape index (κ3) is 6.55. The average Bonchev–Trinajstić information content (AvgIpc) is 3.66. The van der Waals surface area contributed by atoms with E-state index in [0.717, 1.165) is 23.1 Å². The number of nitrogens with zero attached hydrogens (tertiary/aromatic N) is 1. The number of fused-ring (bicyclic) bond motifs is 1. The van der Waals surface area contributed by atoms with E-state index in [4.69, 9.17) is 9.47 Å². The third-order valence-electron chi connectivity index (χ3n) is 6.18. The number of hydrogen-bond acceptors (Lipinski definition) is 6. The zero-order valence-electron chi connectivity index (χ0n) is 21.7. The van der Waals surface area contributed by atoms with Gasteiger partial charge in [-0.25, -0.2) is 4.79 Å². The van der Waals surface area contributed by atoms with Gasteiger partial charge in [-0.2, -0.15) is 13.2 Å². The molecule has 1 atom stereocenters. The van der Waals surface area contributed by atoms with Crippen LogP contribution in [0.4, 0.5) is 23.7 Å². The number of imide groups is 1. The molecule has 210 valence electrons. The predicted octanol–water partition coefficient (Wildman–Crippen LogP) is 3.72. The number of anilines is 1. The lowest BCUT2D eigenvalue weighted by Crippen LogP contribution is -2.49. The Bertz CT molecular complexity index is 1390. The van der Waals surface area contributed by atoms with Crippen molar-refractivity contribution in [3.63, 3.8) is 0 Å². The Balaban J connectivity index is 1.40. The molecule has 1 aromatic rings. The normalized spacial score (nSPS) is 19.5. The standard InChI is InChI=1S/C28H26F3N3O6/c1-17(15-32-23(35)10-12-34-24(36)7-8-25(34)37)13-18(2)16-39-20-5-6-22-21(14-20)27(28(29,30)31,40-26(38)33-22)11-9-19-3-4-19/h5-8,14,19H,3-4,10,12,15-16H2,1-2H3,(H,32,35)(H,33,38). The minimum absolute atomic E-state index is 0.0176. The number of hydrogen-bond donors (Lipinski definition) is 2. The molecule has 1 aliphatic carbocycles. The van der Waals surface area contributed by atoms with Crippen molar-refractivity contribution in [3.05, 3.63) is 52.8 Å². The van der Waals surface area contributed by atoms with Crippen LogP contribution in [-0.2, 0) is 24.7 Å². The molecule has 2 heterocycles. The molecule has 2 N–H and O–H groups in total. The lowest BCUT2D eigenvalue weighted by atomic mass is 9.90. The number of ether oxygens (including phenoxy) is 2. The van der Waals surface area contributed by atoms with Crippen LogP contribution in [0.25, 0.3) is 0 Å². The first-order chi connectivity index (χ1) is 18.9. The van der Waals surface area contributed by atoms with Crippen LogP contribution in [0.1, 0.15) is 38.7 Å². The van der Waals surface area contributed by atoms with Gasteiger partial charge in [0.15, 0.2) is 0 Å². The van der Waals surface area contributed by atoms with Crippen molar-refractivity contribution in [2.45, 2.75) is 44.9 Å². The summed E-state index contributed by atoms with van der Waals surface area (Å²) in [5.41, 5.74) is 0.748. The second-order valence-electron chi connectivity index (χ2n) is 9.61. The Hall–Kier alpha value is -4.49. The minimum Gasteiger partial charge on any atom is -0.489 e. The molecule has 0 saturated heterocycles. The Morgan fingerprint density at radius 3 is 2.52 bits per heavy atom. The molecule has 1 unspecified atom stereocenters. The monoisotopic (exact) mass is 557 g/mol. The van der Waals surface area contributed by atoms with Crippen molar-refractivity contribution in [1.29, 1.82) is 0 Å². The number of carbonyl (C=O) groups excluding carboxylic acids is 4. The molecule has 0 radical (unpaired) electrons. The van der Waals surface area contributed by atoms with Crippen LogP contribution in [0.5, 0.6) is 5.75 Å². The molecule has 4 amide bonds. The maximum atomic E-state index is 14.3. The number of carbonyl (C=O) groups is 4. The van der Waals surface area contributed by atoms with E-state index in [9.17, 15) is 32.3 Å². The van der Waals surface area contributed by atoms with Crippen molar-refractivity contribution < 1.29 is 41.8 Å². The molecule has 1 fully saturated rings. The van der Waals surface area contributed by atoms with Crippen LogP contribution in [0, 0.1) is 17.8 Å². The highest BCUT2D eigenvalue weighted by Gasteiger charge is 2.62. The average molecular weight is 558 g/mol. The smallest absolute Gasteiger partial charge is 0.445 e. The van der Waals surface area contributed by atoms with Gasteiger partial charge in [0.25, 0.3) is 17.4 Å². The number of cyclic esters (lactones) is 1. The lowest BCUT2D eigenvalue weighted by Gasteiger charge is -2.35. The number of rotatable bonds is 8. The number of benzene rings is 1. The summed E-state index contributed by atoms with van der Waals surface area (Å²) in [4.78, 5) is 48.1. The van der Waals surface area contributed by atoms with Gasteiger partial charge in [-0.1, -0.05) is 5.92 Å². The van der Waals surface area contributed by atoms with Crippen LogP contribution in [0.15, 0.2) is 47.2 Å². The molecule has 0 spiro atoms. The first kappa shape index (κ1) is 28.5. The molecule has 9 nitrogen and oxygen atoms in total. The largest absolute Gasteiger partial charge is 0.489 e. The molecule has 4 rings (SSSR count). The van der Waals surface area contributed by atoms with Gasteiger partial charge in [-0.05, 0) is 56.4 Å². The van der Waals surface area contributed by atoms with Gasteiger partial charge in [0.1, 0.15) is 12.4 Å². The van der Waals surface area contributed by atoms with Crippen molar-refractivity contribution in [1.82, 2.24) is 10.2 Å². The van der Waals surface area contributed by atoms with Crippen LogP contribution < -0.4 is 15.4 Å². The molecule has 12 heteroatoms. The summed E-state index contributed by atoms with van der Waals surface area (Å²) in [5, 5.41) is 4.95. The fraction of sp³-hybridized carbons (Fsp3) is 0.393. The molecule has 3 aliphatic rings. The van der Waals surface area contributed by atoms with Gasteiger partial charge in [0.05, 0.1) is 5.69 Å². The molecule has 1 aromatic carbocycles. The Labute approximate surface area is 228 Å². The Morgan fingerprint density at radius 2 is 1.88 bits per heavy atom. The Kier molecular flexibility index (Phi) is 8.07. The van der Waals surface area contributed by atoms with Crippen molar-refractivity contribution in [3.8, 4) is 17.6 Å². The third-order valence-corrected chi connectivity index (χ3v) is 6.18. The summed E-state index contributed by atoms with van der Waals surface area (Å²) in [6.07, 6.45) is -2.59. The van der Waals surface area contributed by atoms with Gasteiger partial charge in [0.2, 0.25) is 5.91 Å². The van der Waals surface area contributed by atoms with E-state index in [1.807, 2.05) is 0 Å². The number of halogens is 3. The molecule has 1 saturated carbocycles. The van der Waals surface area contributed by atoms with E-state index in [1.165, 1.54) is 12.1 Å². The zero-order valence-corrected chi connectivity index (χ0v) is 21.7. The van der Waals surface area contributed by atoms with Crippen molar-refractivity contribution >= 4 is 29.5 Å². The Morgan fingerprint density at radius 1 is 1.18 bits per heavy atom. The predicted molar refractivity (Wildman–Crippen MR) is 136 cm³/mol. The van der Waals surface area contributed by atoms with Crippen molar-refractivity contribution in [2.75, 3.05) is 25.0 Å². The van der Waals surface area contributed by atoms with Crippen LogP contribution >= 0.6 is 0 Å². The fourth-order valence-electron chi connectivity index (χ4n) is 3.97. The molecular formula is C28H26F3N3O6. The van der Waals surface area contributed by atoms with Gasteiger partial charge in [0, 0.05) is 48.7 Å². The van der Waals surface area contributed by atoms with E-state index in [-0.39, 0.29) is 54.9 Å². The van der Waals surface area contributed by atoms with E-state index < -0.39 is 29.7 Å². The number of nitrogens with one attached hydrogen (secondary N) is 2. The minimum atomic E-state index is -4.99. The highest BCUT2D eigenvalue weighted by atomic mass is 19.4. The lowest BCUT2D eigenvalue weighted by molar-refractivity contribution is -0.239. The fourth-order valence-corrected chi connectivity index (χ4v) is 3.97.